The molecule has 0 aliphatic carbocycles. The normalized spacial score (nSPS) is 26.7. The third-order valence-electron chi connectivity index (χ3n) is 4.30. The first kappa shape index (κ1) is 17.2. The van der Waals surface area contributed by atoms with E-state index in [1.807, 2.05) is 0 Å². The molecule has 4 heterocycles. The number of aromatic nitrogens is 2. The van der Waals surface area contributed by atoms with Gasteiger partial charge in [0.15, 0.2) is 5.16 Å². The molecular formula is C15H17F3N4OS. The highest BCUT2D eigenvalue weighted by atomic mass is 32.2. The Bertz CT molecular complexity index is 629. The van der Waals surface area contributed by atoms with E-state index >= 15 is 0 Å². The number of nitrogens with zero attached hydrogens (tertiary/aromatic N) is 3. The van der Waals surface area contributed by atoms with Gasteiger partial charge in [0.25, 0.3) is 0 Å². The lowest BCUT2D eigenvalue weighted by Crippen LogP contribution is -2.57. The summed E-state index contributed by atoms with van der Waals surface area (Å²) in [5.41, 5.74) is -0.995. The van der Waals surface area contributed by atoms with E-state index in [-0.39, 0.29) is 17.1 Å². The third kappa shape index (κ3) is 4.27. The van der Waals surface area contributed by atoms with Gasteiger partial charge in [-0.15, -0.1) is 0 Å². The van der Waals surface area contributed by atoms with Gasteiger partial charge in [0.2, 0.25) is 5.91 Å². The van der Waals surface area contributed by atoms with Crippen LogP contribution in [-0.2, 0) is 11.0 Å². The standard InChI is InChI=1S/C15H17F3N4OS/c16-15(17,18)12-1-5-19-14(21-12)24-8-4-13(23)20-11-9-22-6-2-10(11)3-7-22/h1,4-5,8,10-11H,2-3,6-7,9H2,(H,20,23)/t11-/m0/s1. The number of fused-ring (bicyclic) bond motifs is 3. The predicted octanol–water partition coefficient (Wildman–Crippen LogP) is 2.31. The van der Waals surface area contributed by atoms with Gasteiger partial charge in [0.05, 0.1) is 0 Å². The van der Waals surface area contributed by atoms with Crippen LogP contribution < -0.4 is 5.32 Å². The summed E-state index contributed by atoms with van der Waals surface area (Å²) in [6, 6.07) is 0.966. The van der Waals surface area contributed by atoms with E-state index in [2.05, 4.69) is 20.2 Å². The van der Waals surface area contributed by atoms with Crippen LogP contribution in [0.25, 0.3) is 0 Å². The fourth-order valence-electron chi connectivity index (χ4n) is 3.07. The lowest BCUT2D eigenvalue weighted by atomic mass is 9.84. The Morgan fingerprint density at radius 2 is 2.12 bits per heavy atom. The van der Waals surface area contributed by atoms with E-state index in [1.54, 1.807) is 0 Å². The Morgan fingerprint density at radius 1 is 1.38 bits per heavy atom. The van der Waals surface area contributed by atoms with Crippen molar-refractivity contribution in [2.24, 2.45) is 5.92 Å². The van der Waals surface area contributed by atoms with Crippen LogP contribution in [0.4, 0.5) is 13.2 Å². The van der Waals surface area contributed by atoms with E-state index in [4.69, 9.17) is 0 Å². The number of halogens is 3. The average molecular weight is 358 g/mol. The summed E-state index contributed by atoms with van der Waals surface area (Å²) in [7, 11) is 0. The lowest BCUT2D eigenvalue weighted by molar-refractivity contribution is -0.141. The van der Waals surface area contributed by atoms with Gasteiger partial charge in [0, 0.05) is 24.9 Å². The third-order valence-corrected chi connectivity index (χ3v) is 4.98. The molecule has 0 saturated carbocycles. The maximum Gasteiger partial charge on any atom is 0.433 e. The molecule has 0 aromatic carbocycles. The fourth-order valence-corrected chi connectivity index (χ4v) is 3.66. The van der Waals surface area contributed by atoms with Crippen molar-refractivity contribution >= 4 is 17.7 Å². The molecule has 0 unspecified atom stereocenters. The molecule has 1 aromatic heterocycles. The Kier molecular flexibility index (Phi) is 5.09. The largest absolute Gasteiger partial charge is 0.433 e. The summed E-state index contributed by atoms with van der Waals surface area (Å²) in [5.74, 6) is 0.278. The zero-order valence-electron chi connectivity index (χ0n) is 12.8. The number of carbonyl (C=O) groups excluding carboxylic acids is 1. The van der Waals surface area contributed by atoms with Crippen molar-refractivity contribution in [1.29, 1.82) is 0 Å². The van der Waals surface area contributed by atoms with Crippen LogP contribution in [0.2, 0.25) is 0 Å². The maximum absolute atomic E-state index is 12.6. The van der Waals surface area contributed by atoms with Crippen LogP contribution in [-0.4, -0.2) is 46.5 Å². The Labute approximate surface area is 141 Å². The second-order valence-corrected chi connectivity index (χ2v) is 6.77. The van der Waals surface area contributed by atoms with Crippen LogP contribution in [0.5, 0.6) is 0 Å². The van der Waals surface area contributed by atoms with Gasteiger partial charge in [-0.25, -0.2) is 9.97 Å². The lowest BCUT2D eigenvalue weighted by Gasteiger charge is -2.44. The minimum atomic E-state index is -4.50. The molecule has 3 aliphatic heterocycles. The molecule has 1 atom stereocenters. The van der Waals surface area contributed by atoms with E-state index in [1.165, 1.54) is 11.5 Å². The van der Waals surface area contributed by atoms with Crippen LogP contribution in [0.1, 0.15) is 18.5 Å². The Balaban J connectivity index is 1.52. The summed E-state index contributed by atoms with van der Waals surface area (Å²) in [6.45, 7) is 3.05. The van der Waals surface area contributed by atoms with E-state index in [0.29, 0.717) is 5.92 Å². The van der Waals surface area contributed by atoms with Crippen molar-refractivity contribution in [3.8, 4) is 0 Å². The van der Waals surface area contributed by atoms with E-state index < -0.39 is 11.9 Å². The second kappa shape index (κ2) is 7.10. The van der Waals surface area contributed by atoms with Crippen LogP contribution in [0.15, 0.2) is 28.9 Å². The van der Waals surface area contributed by atoms with Crippen molar-refractivity contribution in [2.45, 2.75) is 30.2 Å². The minimum absolute atomic E-state index is 0.0447. The highest BCUT2D eigenvalue weighted by molar-refractivity contribution is 8.02. The summed E-state index contributed by atoms with van der Waals surface area (Å²) in [6.07, 6.45) is 0.0586. The summed E-state index contributed by atoms with van der Waals surface area (Å²) in [5, 5.41) is 4.33. The number of thioether (sulfide) groups is 1. The molecule has 0 radical (unpaired) electrons. The summed E-state index contributed by atoms with van der Waals surface area (Å²) in [4.78, 5) is 21.5. The molecule has 1 N–H and O–H groups in total. The zero-order valence-corrected chi connectivity index (χ0v) is 13.6. The molecule has 24 heavy (non-hydrogen) atoms. The molecule has 2 bridgehead atoms. The van der Waals surface area contributed by atoms with Gasteiger partial charge in [-0.1, -0.05) is 11.8 Å². The number of nitrogens with one attached hydrogen (secondary N) is 1. The molecular weight excluding hydrogens is 341 g/mol. The van der Waals surface area contributed by atoms with Gasteiger partial charge in [-0.05, 0) is 43.3 Å². The highest BCUT2D eigenvalue weighted by Crippen LogP contribution is 2.29. The van der Waals surface area contributed by atoms with Gasteiger partial charge >= 0.3 is 6.18 Å². The van der Waals surface area contributed by atoms with Crippen LogP contribution in [0, 0.1) is 5.92 Å². The first-order valence-corrected chi connectivity index (χ1v) is 8.56. The SMILES string of the molecule is O=C(C=CSc1nccc(C(F)(F)F)n1)N[C@H]1CN2CCC1CC2. The van der Waals surface area contributed by atoms with Gasteiger partial charge in [-0.3, -0.25) is 4.79 Å². The van der Waals surface area contributed by atoms with Crippen molar-refractivity contribution in [2.75, 3.05) is 19.6 Å². The number of alkyl halides is 3. The number of piperidine rings is 3. The van der Waals surface area contributed by atoms with E-state index in [9.17, 15) is 18.0 Å². The van der Waals surface area contributed by atoms with Crippen LogP contribution >= 0.6 is 11.8 Å². The number of hydrogen-bond donors (Lipinski definition) is 1. The molecule has 4 rings (SSSR count). The zero-order chi connectivity index (χ0) is 17.2. The number of amides is 1. The maximum atomic E-state index is 12.6. The molecule has 5 nitrogen and oxygen atoms in total. The van der Waals surface area contributed by atoms with Crippen molar-refractivity contribution in [1.82, 2.24) is 20.2 Å². The van der Waals surface area contributed by atoms with Gasteiger partial charge < -0.3 is 10.2 Å². The molecule has 3 fully saturated rings. The quantitative estimate of drug-likeness (QED) is 0.509. The van der Waals surface area contributed by atoms with Crippen molar-refractivity contribution < 1.29 is 18.0 Å². The van der Waals surface area contributed by atoms with Crippen molar-refractivity contribution in [3.63, 3.8) is 0 Å². The summed E-state index contributed by atoms with van der Waals surface area (Å²) >= 11 is 0.882. The molecule has 3 saturated heterocycles. The molecule has 9 heteroatoms. The molecule has 130 valence electrons. The summed E-state index contributed by atoms with van der Waals surface area (Å²) < 4.78 is 37.7. The fraction of sp³-hybridized carbons (Fsp3) is 0.533. The van der Waals surface area contributed by atoms with Gasteiger partial charge in [0.1, 0.15) is 5.69 Å². The van der Waals surface area contributed by atoms with Crippen LogP contribution in [0.3, 0.4) is 0 Å². The number of rotatable bonds is 4. The van der Waals surface area contributed by atoms with Crippen molar-refractivity contribution in [3.05, 3.63) is 29.4 Å². The smallest absolute Gasteiger partial charge is 0.348 e. The molecule has 1 amide bonds. The number of hydrogen-bond acceptors (Lipinski definition) is 5. The topological polar surface area (TPSA) is 58.1 Å². The minimum Gasteiger partial charge on any atom is -0.348 e. The monoisotopic (exact) mass is 358 g/mol. The van der Waals surface area contributed by atoms with Gasteiger partial charge in [-0.2, -0.15) is 13.2 Å². The highest BCUT2D eigenvalue weighted by Gasteiger charge is 2.34. The number of carbonyl (C=O) groups is 1. The van der Waals surface area contributed by atoms with E-state index in [0.717, 1.165) is 56.5 Å². The predicted molar refractivity (Wildman–Crippen MR) is 83.1 cm³/mol. The Morgan fingerprint density at radius 3 is 2.75 bits per heavy atom. The molecule has 3 aliphatic rings. The molecule has 1 aromatic rings. The second-order valence-electron chi connectivity index (χ2n) is 5.90. The first-order chi connectivity index (χ1) is 11.4. The first-order valence-electron chi connectivity index (χ1n) is 7.68. The average Bonchev–Trinajstić information content (AvgIpc) is 2.55. The Hall–Kier alpha value is -1.61. The molecule has 0 spiro atoms.